The number of aryl methyl sites for hydroxylation is 1. The Morgan fingerprint density at radius 1 is 0.784 bits per heavy atom. The second-order valence-electron chi connectivity index (χ2n) is 7.56. The molecular formula is C27H20Cl3N3O4. The van der Waals surface area contributed by atoms with Crippen molar-refractivity contribution in [3.05, 3.63) is 112 Å². The van der Waals surface area contributed by atoms with Gasteiger partial charge in [0.2, 0.25) is 0 Å². The number of ether oxygens (including phenoxy) is 1. The van der Waals surface area contributed by atoms with Gasteiger partial charge in [0.1, 0.15) is 10.3 Å². The smallest absolute Gasteiger partial charge is 0.337 e. The van der Waals surface area contributed by atoms with Gasteiger partial charge in [0, 0.05) is 29.2 Å². The highest BCUT2D eigenvalue weighted by Gasteiger charge is 2.11. The Morgan fingerprint density at radius 2 is 1.38 bits per heavy atom. The number of aromatic nitrogens is 2. The minimum Gasteiger partial charge on any atom is -0.465 e. The number of benzene rings is 2. The summed E-state index contributed by atoms with van der Waals surface area (Å²) in [5.74, 6) is -0.648. The van der Waals surface area contributed by atoms with Crippen LogP contribution >= 0.6 is 34.8 Å². The lowest BCUT2D eigenvalue weighted by molar-refractivity contribution is 0.0600. The number of rotatable bonds is 5. The fourth-order valence-corrected chi connectivity index (χ4v) is 3.65. The second-order valence-corrected chi connectivity index (χ2v) is 8.68. The van der Waals surface area contributed by atoms with Crippen LogP contribution in [0.25, 0.3) is 11.1 Å². The van der Waals surface area contributed by atoms with Crippen LogP contribution in [0.2, 0.25) is 10.3 Å². The molecule has 0 atom stereocenters. The lowest BCUT2D eigenvalue weighted by Gasteiger charge is -2.11. The van der Waals surface area contributed by atoms with Gasteiger partial charge in [-0.2, -0.15) is 0 Å². The Labute approximate surface area is 228 Å². The molecule has 0 aliphatic rings. The molecular weight excluding hydrogens is 537 g/mol. The Bertz CT molecular complexity index is 1440. The van der Waals surface area contributed by atoms with E-state index in [1.165, 1.54) is 37.7 Å². The summed E-state index contributed by atoms with van der Waals surface area (Å²) in [6.45, 7) is 1.98. The average molecular weight is 557 g/mol. The van der Waals surface area contributed by atoms with Crippen LogP contribution in [0.1, 0.15) is 36.6 Å². The molecule has 0 saturated heterocycles. The van der Waals surface area contributed by atoms with Crippen LogP contribution in [0.3, 0.4) is 0 Å². The number of esters is 1. The molecule has 0 fully saturated rings. The highest BCUT2D eigenvalue weighted by atomic mass is 35.5. The van der Waals surface area contributed by atoms with Gasteiger partial charge in [-0.05, 0) is 83.7 Å². The second kappa shape index (κ2) is 13.0. The van der Waals surface area contributed by atoms with Gasteiger partial charge < -0.3 is 10.1 Å². The van der Waals surface area contributed by atoms with E-state index in [9.17, 15) is 14.4 Å². The standard InChI is InChI=1S/C21H17ClN2O3.C6H3Cl2NO/c1-13-3-8-17(24-20(25)16-9-10-23-19(22)11-16)12-18(13)14-4-6-15(7-5-14)21(26)27-2;7-5-3-4(6(8)10)1-2-9-5/h3-12H,1-2H3,(H,24,25);1-3H. The number of amides is 1. The van der Waals surface area contributed by atoms with Gasteiger partial charge in [-0.1, -0.05) is 41.4 Å². The summed E-state index contributed by atoms with van der Waals surface area (Å²) in [4.78, 5) is 42.0. The van der Waals surface area contributed by atoms with Crippen LogP contribution < -0.4 is 5.32 Å². The molecule has 0 spiro atoms. The largest absolute Gasteiger partial charge is 0.465 e. The number of anilines is 1. The van der Waals surface area contributed by atoms with Gasteiger partial charge in [0.25, 0.3) is 11.1 Å². The van der Waals surface area contributed by atoms with Crippen molar-refractivity contribution in [1.29, 1.82) is 0 Å². The van der Waals surface area contributed by atoms with Gasteiger partial charge in [0.15, 0.2) is 0 Å². The molecule has 2 aromatic heterocycles. The molecule has 1 N–H and O–H groups in total. The normalized spacial score (nSPS) is 10.1. The fraction of sp³-hybridized carbons (Fsp3) is 0.0741. The van der Waals surface area contributed by atoms with Gasteiger partial charge >= 0.3 is 5.97 Å². The minimum atomic E-state index is -0.524. The van der Waals surface area contributed by atoms with Crippen LogP contribution in [0, 0.1) is 6.92 Å². The van der Waals surface area contributed by atoms with Gasteiger partial charge in [0.05, 0.1) is 12.7 Å². The summed E-state index contributed by atoms with van der Waals surface area (Å²) in [7, 11) is 1.35. The molecule has 37 heavy (non-hydrogen) atoms. The van der Waals surface area contributed by atoms with E-state index in [0.29, 0.717) is 22.4 Å². The highest BCUT2D eigenvalue weighted by Crippen LogP contribution is 2.27. The van der Waals surface area contributed by atoms with Crippen molar-refractivity contribution >= 4 is 57.6 Å². The first-order chi connectivity index (χ1) is 17.7. The maximum Gasteiger partial charge on any atom is 0.337 e. The number of nitrogens with zero attached hydrogens (tertiary/aromatic N) is 2. The van der Waals surface area contributed by atoms with E-state index in [1.54, 1.807) is 18.2 Å². The Morgan fingerprint density at radius 3 is 1.92 bits per heavy atom. The summed E-state index contributed by atoms with van der Waals surface area (Å²) >= 11 is 16.5. The third-order valence-electron chi connectivity index (χ3n) is 5.05. The third-order valence-corrected chi connectivity index (χ3v) is 5.69. The number of hydrogen-bond acceptors (Lipinski definition) is 6. The van der Waals surface area contributed by atoms with E-state index in [-0.39, 0.29) is 22.2 Å². The molecule has 7 nitrogen and oxygen atoms in total. The van der Waals surface area contributed by atoms with Crippen molar-refractivity contribution in [3.8, 4) is 11.1 Å². The van der Waals surface area contributed by atoms with Gasteiger partial charge in [-0.3, -0.25) is 9.59 Å². The van der Waals surface area contributed by atoms with E-state index < -0.39 is 5.24 Å². The van der Waals surface area contributed by atoms with Crippen LogP contribution in [0.15, 0.2) is 79.1 Å². The number of nitrogens with one attached hydrogen (secondary N) is 1. The van der Waals surface area contributed by atoms with E-state index in [4.69, 9.17) is 39.5 Å². The van der Waals surface area contributed by atoms with E-state index in [0.717, 1.165) is 16.7 Å². The predicted molar refractivity (Wildman–Crippen MR) is 145 cm³/mol. The van der Waals surface area contributed by atoms with E-state index >= 15 is 0 Å². The first-order valence-electron chi connectivity index (χ1n) is 10.7. The van der Waals surface area contributed by atoms with Crippen molar-refractivity contribution in [2.24, 2.45) is 0 Å². The van der Waals surface area contributed by atoms with Crippen molar-refractivity contribution in [2.75, 3.05) is 12.4 Å². The summed E-state index contributed by atoms with van der Waals surface area (Å²) in [5.41, 5.74) is 4.87. The van der Waals surface area contributed by atoms with Gasteiger partial charge in [-0.15, -0.1) is 0 Å². The summed E-state index contributed by atoms with van der Waals surface area (Å²) in [6, 6.07) is 18.8. The first-order valence-corrected chi connectivity index (χ1v) is 11.8. The van der Waals surface area contributed by atoms with Crippen LogP contribution in [-0.2, 0) is 4.74 Å². The SMILES string of the molecule is COC(=O)c1ccc(-c2cc(NC(=O)c3ccnc(Cl)c3)ccc2C)cc1.O=C(Cl)c1ccnc(Cl)c1. The molecule has 4 aromatic rings. The molecule has 0 aliphatic heterocycles. The van der Waals surface area contributed by atoms with Gasteiger partial charge in [-0.25, -0.2) is 14.8 Å². The van der Waals surface area contributed by atoms with Crippen molar-refractivity contribution < 1.29 is 19.1 Å². The molecule has 2 heterocycles. The Kier molecular flexibility index (Phi) is 9.74. The number of hydrogen-bond donors (Lipinski definition) is 1. The maximum absolute atomic E-state index is 12.4. The van der Waals surface area contributed by atoms with Crippen LogP contribution in [-0.4, -0.2) is 34.2 Å². The molecule has 0 saturated carbocycles. The first kappa shape index (κ1) is 27.8. The molecule has 188 valence electrons. The van der Waals surface area contributed by atoms with Crippen LogP contribution in [0.5, 0.6) is 0 Å². The number of methoxy groups -OCH3 is 1. The lowest BCUT2D eigenvalue weighted by atomic mass is 9.98. The molecule has 0 radical (unpaired) electrons. The summed E-state index contributed by atoms with van der Waals surface area (Å²) in [6.07, 6.45) is 2.92. The number of pyridine rings is 2. The Hall–Kier alpha value is -3.78. The monoisotopic (exact) mass is 555 g/mol. The topological polar surface area (TPSA) is 98.2 Å². The molecule has 10 heteroatoms. The number of halogens is 3. The van der Waals surface area contributed by atoms with Crippen molar-refractivity contribution in [2.45, 2.75) is 6.92 Å². The number of carbonyl (C=O) groups excluding carboxylic acids is 3. The quantitative estimate of drug-likeness (QED) is 0.164. The van der Waals surface area contributed by atoms with E-state index in [1.807, 2.05) is 37.3 Å². The average Bonchev–Trinajstić information content (AvgIpc) is 2.90. The molecule has 0 bridgehead atoms. The van der Waals surface area contributed by atoms with Crippen molar-refractivity contribution in [3.63, 3.8) is 0 Å². The van der Waals surface area contributed by atoms with Crippen LogP contribution in [0.4, 0.5) is 5.69 Å². The predicted octanol–water partition coefficient (Wildman–Crippen LogP) is 6.86. The molecule has 2 aromatic carbocycles. The third kappa shape index (κ3) is 7.85. The maximum atomic E-state index is 12.4. The van der Waals surface area contributed by atoms with Crippen molar-refractivity contribution in [1.82, 2.24) is 9.97 Å². The highest BCUT2D eigenvalue weighted by molar-refractivity contribution is 6.67. The molecule has 4 rings (SSSR count). The summed E-state index contributed by atoms with van der Waals surface area (Å²) < 4.78 is 4.72. The molecule has 0 unspecified atom stereocenters. The van der Waals surface area contributed by atoms with E-state index in [2.05, 4.69) is 15.3 Å². The fourth-order valence-electron chi connectivity index (χ4n) is 3.19. The number of carbonyl (C=O) groups is 3. The zero-order valence-electron chi connectivity index (χ0n) is 19.7. The molecule has 1 amide bonds. The minimum absolute atomic E-state index is 0.262. The zero-order chi connectivity index (χ0) is 26.9. The zero-order valence-corrected chi connectivity index (χ0v) is 21.9. The summed E-state index contributed by atoms with van der Waals surface area (Å²) in [5, 5.41) is 2.87. The Balaban J connectivity index is 0.000000319. The lowest BCUT2D eigenvalue weighted by Crippen LogP contribution is -2.12. The molecule has 0 aliphatic carbocycles.